The van der Waals surface area contributed by atoms with Crippen molar-refractivity contribution < 1.29 is 10.0 Å². The Morgan fingerprint density at radius 2 is 2.20 bits per heavy atom. The Morgan fingerprint density at radius 1 is 1.50 bits per heavy atom. The minimum atomic E-state index is -0.698. The molecule has 1 aliphatic rings. The van der Waals surface area contributed by atoms with Crippen LogP contribution in [0.25, 0.3) is 0 Å². The highest BCUT2D eigenvalue weighted by molar-refractivity contribution is 8.00. The molecule has 0 aromatic heterocycles. The highest BCUT2D eigenvalue weighted by atomic mass is 32.2. The molecule has 0 amide bonds. The third-order valence-corrected chi connectivity index (χ3v) is 4.74. The van der Waals surface area contributed by atoms with Crippen molar-refractivity contribution in [2.75, 3.05) is 23.7 Å². The molecule has 110 valence electrons. The van der Waals surface area contributed by atoms with Gasteiger partial charge in [-0.05, 0) is 32.4 Å². The van der Waals surface area contributed by atoms with Crippen LogP contribution in [0.15, 0.2) is 18.2 Å². The summed E-state index contributed by atoms with van der Waals surface area (Å²) in [6, 6.07) is 5.00. The van der Waals surface area contributed by atoms with Gasteiger partial charge in [-0.15, -0.1) is 0 Å². The maximum absolute atomic E-state index is 11.3. The molecule has 1 heterocycles. The number of anilines is 1. The quantitative estimate of drug-likeness (QED) is 0.686. The molecule has 0 unspecified atom stereocenters. The SMILES string of the molecule is C[C@@H](O)c1ccc(N2CCSC(C)(C)C2)c([N+](=O)[O-])c1. The lowest BCUT2D eigenvalue weighted by Gasteiger charge is -2.38. The molecule has 1 atom stereocenters. The third-order valence-electron chi connectivity index (χ3n) is 3.44. The van der Waals surface area contributed by atoms with Crippen molar-refractivity contribution >= 4 is 23.1 Å². The van der Waals surface area contributed by atoms with Gasteiger partial charge in [0.05, 0.1) is 11.0 Å². The number of nitro groups is 1. The number of hydrogen-bond acceptors (Lipinski definition) is 5. The summed E-state index contributed by atoms with van der Waals surface area (Å²) < 4.78 is 0.0923. The second-order valence-corrected chi connectivity index (χ2v) is 7.51. The van der Waals surface area contributed by atoms with Gasteiger partial charge in [-0.25, -0.2) is 0 Å². The zero-order valence-electron chi connectivity index (χ0n) is 12.0. The largest absolute Gasteiger partial charge is 0.389 e. The van der Waals surface area contributed by atoms with Crippen molar-refractivity contribution in [1.29, 1.82) is 0 Å². The van der Waals surface area contributed by atoms with Gasteiger partial charge in [0.15, 0.2) is 0 Å². The number of benzene rings is 1. The van der Waals surface area contributed by atoms with Crippen LogP contribution in [0, 0.1) is 10.1 Å². The predicted molar refractivity (Wildman–Crippen MR) is 82.5 cm³/mol. The lowest BCUT2D eigenvalue weighted by Crippen LogP contribution is -2.43. The summed E-state index contributed by atoms with van der Waals surface area (Å²) >= 11 is 1.89. The maximum atomic E-state index is 11.3. The van der Waals surface area contributed by atoms with Gasteiger partial charge in [-0.2, -0.15) is 11.8 Å². The molecule has 20 heavy (non-hydrogen) atoms. The first-order valence-corrected chi connectivity index (χ1v) is 7.64. The lowest BCUT2D eigenvalue weighted by atomic mass is 10.1. The molecule has 1 aromatic rings. The first-order valence-electron chi connectivity index (χ1n) is 6.65. The van der Waals surface area contributed by atoms with Crippen molar-refractivity contribution in [2.45, 2.75) is 31.6 Å². The number of nitro benzene ring substituents is 1. The fraction of sp³-hybridized carbons (Fsp3) is 0.571. The molecule has 1 aliphatic heterocycles. The zero-order chi connectivity index (χ0) is 14.9. The fourth-order valence-corrected chi connectivity index (χ4v) is 3.55. The molecular formula is C14H20N2O3S. The molecule has 0 radical (unpaired) electrons. The minimum Gasteiger partial charge on any atom is -0.389 e. The monoisotopic (exact) mass is 296 g/mol. The van der Waals surface area contributed by atoms with E-state index < -0.39 is 6.10 Å². The number of aliphatic hydroxyl groups excluding tert-OH is 1. The maximum Gasteiger partial charge on any atom is 0.292 e. The summed E-state index contributed by atoms with van der Waals surface area (Å²) in [5, 5.41) is 20.9. The summed E-state index contributed by atoms with van der Waals surface area (Å²) in [6.45, 7) is 7.51. The highest BCUT2D eigenvalue weighted by Crippen LogP contribution is 2.37. The van der Waals surface area contributed by atoms with Crippen LogP contribution in [-0.4, -0.2) is 33.6 Å². The van der Waals surface area contributed by atoms with Gasteiger partial charge in [0.2, 0.25) is 0 Å². The van der Waals surface area contributed by atoms with Crippen molar-refractivity contribution in [3.8, 4) is 0 Å². The Kier molecular flexibility index (Phi) is 4.25. The van der Waals surface area contributed by atoms with Crippen LogP contribution in [0.3, 0.4) is 0 Å². The van der Waals surface area contributed by atoms with Crippen LogP contribution in [0.1, 0.15) is 32.4 Å². The third kappa shape index (κ3) is 3.24. The van der Waals surface area contributed by atoms with Gasteiger partial charge in [0.25, 0.3) is 5.69 Å². The normalized spacial score (nSPS) is 19.7. The molecule has 5 nitrogen and oxygen atoms in total. The van der Waals surface area contributed by atoms with Gasteiger partial charge in [-0.3, -0.25) is 10.1 Å². The van der Waals surface area contributed by atoms with E-state index in [9.17, 15) is 15.2 Å². The van der Waals surface area contributed by atoms with Gasteiger partial charge < -0.3 is 10.0 Å². The Morgan fingerprint density at radius 3 is 2.75 bits per heavy atom. The smallest absolute Gasteiger partial charge is 0.292 e. The first kappa shape index (κ1) is 15.1. The molecule has 1 aromatic carbocycles. The first-order chi connectivity index (χ1) is 9.30. The van der Waals surface area contributed by atoms with Gasteiger partial charge in [-0.1, -0.05) is 6.07 Å². The van der Waals surface area contributed by atoms with Crippen molar-refractivity contribution in [2.24, 2.45) is 0 Å². The van der Waals surface area contributed by atoms with Crippen molar-refractivity contribution in [3.05, 3.63) is 33.9 Å². The molecule has 0 spiro atoms. The highest BCUT2D eigenvalue weighted by Gasteiger charge is 2.30. The lowest BCUT2D eigenvalue weighted by molar-refractivity contribution is -0.384. The topological polar surface area (TPSA) is 66.6 Å². The van der Waals surface area contributed by atoms with Crippen LogP contribution < -0.4 is 4.90 Å². The van der Waals surface area contributed by atoms with Gasteiger partial charge >= 0.3 is 0 Å². The van der Waals surface area contributed by atoms with E-state index in [0.717, 1.165) is 18.8 Å². The molecular weight excluding hydrogens is 276 g/mol. The second kappa shape index (κ2) is 5.61. The van der Waals surface area contributed by atoms with E-state index >= 15 is 0 Å². The molecule has 0 saturated carbocycles. The van der Waals surface area contributed by atoms with E-state index in [1.54, 1.807) is 19.1 Å². The summed E-state index contributed by atoms with van der Waals surface area (Å²) in [7, 11) is 0. The Balaban J connectivity index is 2.38. The summed E-state index contributed by atoms with van der Waals surface area (Å²) in [6.07, 6.45) is -0.698. The van der Waals surface area contributed by atoms with Crippen molar-refractivity contribution in [1.82, 2.24) is 0 Å². The van der Waals surface area contributed by atoms with Crippen molar-refractivity contribution in [3.63, 3.8) is 0 Å². The van der Waals surface area contributed by atoms with E-state index in [1.165, 1.54) is 6.07 Å². The van der Waals surface area contributed by atoms with Crippen LogP contribution in [0.2, 0.25) is 0 Å². The zero-order valence-corrected chi connectivity index (χ0v) is 12.8. The summed E-state index contributed by atoms with van der Waals surface area (Å²) in [5.74, 6) is 0.961. The Labute approximate surface area is 123 Å². The second-order valence-electron chi connectivity index (χ2n) is 5.71. The molecule has 6 heteroatoms. The Bertz CT molecular complexity index is 517. The molecule has 2 rings (SSSR count). The number of nitrogens with zero attached hydrogens (tertiary/aromatic N) is 2. The fourth-order valence-electron chi connectivity index (χ4n) is 2.44. The van der Waals surface area contributed by atoms with E-state index in [2.05, 4.69) is 18.7 Å². The molecule has 1 fully saturated rings. The van der Waals surface area contributed by atoms with Gasteiger partial charge in [0, 0.05) is 29.7 Å². The average molecular weight is 296 g/mol. The number of aliphatic hydroxyl groups is 1. The van der Waals surface area contributed by atoms with E-state index in [0.29, 0.717) is 11.3 Å². The van der Waals surface area contributed by atoms with E-state index in [4.69, 9.17) is 0 Å². The Hall–Kier alpha value is -1.27. The molecule has 0 bridgehead atoms. The summed E-state index contributed by atoms with van der Waals surface area (Å²) in [5.41, 5.74) is 1.30. The van der Waals surface area contributed by atoms with Crippen LogP contribution >= 0.6 is 11.8 Å². The number of rotatable bonds is 3. The summed E-state index contributed by atoms with van der Waals surface area (Å²) in [4.78, 5) is 13.0. The van der Waals surface area contributed by atoms with Crippen LogP contribution in [0.4, 0.5) is 11.4 Å². The van der Waals surface area contributed by atoms with Gasteiger partial charge in [0.1, 0.15) is 5.69 Å². The molecule has 1 saturated heterocycles. The standard InChI is InChI=1S/C14H20N2O3S/c1-10(17)11-4-5-12(13(8-11)16(18)19)15-6-7-20-14(2,3)9-15/h4-5,8,10,17H,6-7,9H2,1-3H3/t10-/m1/s1. The van der Waals surface area contributed by atoms with Crippen LogP contribution in [0.5, 0.6) is 0 Å². The molecule has 0 aliphatic carbocycles. The molecule has 1 N–H and O–H groups in total. The van der Waals surface area contributed by atoms with E-state index in [-0.39, 0.29) is 15.4 Å². The van der Waals surface area contributed by atoms with E-state index in [1.807, 2.05) is 11.8 Å². The minimum absolute atomic E-state index is 0.0751. The number of thioether (sulfide) groups is 1. The average Bonchev–Trinajstić information content (AvgIpc) is 2.36. The predicted octanol–water partition coefficient (Wildman–Crippen LogP) is 2.98. The number of hydrogen-bond donors (Lipinski definition) is 1. The van der Waals surface area contributed by atoms with Crippen LogP contribution in [-0.2, 0) is 0 Å².